The van der Waals surface area contributed by atoms with Crippen molar-refractivity contribution < 1.29 is 24.2 Å². The Hall–Kier alpha value is -2.98. The molecule has 0 saturated carbocycles. The number of aliphatic carboxylic acids is 2. The van der Waals surface area contributed by atoms with Crippen LogP contribution in [0.2, 0.25) is 5.02 Å². The van der Waals surface area contributed by atoms with Crippen LogP contribution in [0.15, 0.2) is 65.6 Å². The average Bonchev–Trinajstić information content (AvgIpc) is 3.17. The van der Waals surface area contributed by atoms with Crippen LogP contribution >= 0.6 is 35.6 Å². The fourth-order valence-corrected chi connectivity index (χ4v) is 5.54. The summed E-state index contributed by atoms with van der Waals surface area (Å²) in [6, 6.07) is 19.0. The van der Waals surface area contributed by atoms with Crippen molar-refractivity contribution in [3.63, 3.8) is 0 Å². The molecule has 0 unspecified atom stereocenters. The summed E-state index contributed by atoms with van der Waals surface area (Å²) in [5, 5.41) is 23.3. The zero-order valence-corrected chi connectivity index (χ0v) is 23.6. The van der Waals surface area contributed by atoms with Crippen LogP contribution in [0.5, 0.6) is 0 Å². The monoisotopic (exact) mass is 588 g/mol. The Kier molecular flexibility index (Phi) is 12.2. The van der Waals surface area contributed by atoms with E-state index < -0.39 is 11.9 Å². The van der Waals surface area contributed by atoms with Crippen molar-refractivity contribution in [1.82, 2.24) is 10.6 Å². The molecule has 1 aliphatic rings. The highest BCUT2D eigenvalue weighted by Crippen LogP contribution is 2.36. The lowest BCUT2D eigenvalue weighted by molar-refractivity contribution is -0.143. The predicted molar refractivity (Wildman–Crippen MR) is 157 cm³/mol. The Morgan fingerprint density at radius 2 is 1.54 bits per heavy atom. The molecule has 0 amide bonds. The molecule has 0 saturated heterocycles. The first-order valence-corrected chi connectivity index (χ1v) is 14.2. The van der Waals surface area contributed by atoms with E-state index in [0.29, 0.717) is 11.5 Å². The van der Waals surface area contributed by atoms with Crippen molar-refractivity contribution in [2.45, 2.75) is 42.9 Å². The van der Waals surface area contributed by atoms with Gasteiger partial charge in [0, 0.05) is 22.8 Å². The molecule has 6 nitrogen and oxygen atoms in total. The van der Waals surface area contributed by atoms with Gasteiger partial charge < -0.3 is 20.8 Å². The molecule has 0 atom stereocenters. The van der Waals surface area contributed by atoms with Gasteiger partial charge in [0.15, 0.2) is 0 Å². The van der Waals surface area contributed by atoms with E-state index in [1.54, 1.807) is 12.1 Å². The van der Waals surface area contributed by atoms with Gasteiger partial charge in [-0.3, -0.25) is 9.59 Å². The number of halogens is 2. The van der Waals surface area contributed by atoms with E-state index in [2.05, 4.69) is 28.8 Å². The number of carboxylic acids is 2. The Bertz CT molecular complexity index is 1270. The van der Waals surface area contributed by atoms with Crippen LogP contribution in [0.25, 0.3) is 0 Å². The summed E-state index contributed by atoms with van der Waals surface area (Å²) in [6.45, 7) is 2.59. The van der Waals surface area contributed by atoms with Crippen LogP contribution in [0.3, 0.4) is 0 Å². The molecule has 206 valence electrons. The van der Waals surface area contributed by atoms with Crippen molar-refractivity contribution in [2.75, 3.05) is 13.1 Å². The molecule has 4 rings (SSSR count). The normalized spacial score (nSPS) is 12.4. The predicted octanol–water partition coefficient (Wildman–Crippen LogP) is 5.86. The van der Waals surface area contributed by atoms with Gasteiger partial charge in [-0.15, -0.1) is 11.8 Å². The second kappa shape index (κ2) is 15.6. The summed E-state index contributed by atoms with van der Waals surface area (Å²) < 4.78 is 13.0. The van der Waals surface area contributed by atoms with Crippen LogP contribution in [0, 0.1) is 5.82 Å². The summed E-state index contributed by atoms with van der Waals surface area (Å²) in [4.78, 5) is 21.2. The highest BCUT2D eigenvalue weighted by atomic mass is 35.5. The Morgan fingerprint density at radius 3 is 2.18 bits per heavy atom. The Morgan fingerprint density at radius 1 is 0.923 bits per heavy atom. The molecule has 1 aliphatic heterocycles. The highest BCUT2D eigenvalue weighted by Gasteiger charge is 2.15. The minimum atomic E-state index is -1.08. The van der Waals surface area contributed by atoms with Crippen LogP contribution in [0.4, 0.5) is 4.39 Å². The molecule has 3 aromatic carbocycles. The number of benzene rings is 3. The van der Waals surface area contributed by atoms with Gasteiger partial charge in [-0.2, -0.15) is 0 Å². The lowest BCUT2D eigenvalue weighted by Crippen LogP contribution is -2.21. The van der Waals surface area contributed by atoms with Crippen molar-refractivity contribution in [3.8, 4) is 0 Å². The summed E-state index contributed by atoms with van der Waals surface area (Å²) >= 11 is 13.9. The van der Waals surface area contributed by atoms with E-state index in [-0.39, 0.29) is 18.7 Å². The number of hydrogen-bond acceptors (Lipinski definition) is 5. The lowest BCUT2D eigenvalue weighted by Gasteiger charge is -2.14. The van der Waals surface area contributed by atoms with Crippen LogP contribution in [0.1, 0.15) is 40.7 Å². The molecule has 3 aromatic rings. The molecule has 0 spiro atoms. The van der Waals surface area contributed by atoms with E-state index in [9.17, 15) is 14.0 Å². The standard InChI is InChI=1S/C25H24ClFN2S2.C4H6O4/c26-23-10-7-19-11-13-28-14-12-22(19)24(23)31-16-18-1-5-20(6-2-18)25(30)29-15-17-3-8-21(27)9-4-17;5-3(6)1-2-4(7)8/h1-10,28H,11-16H2,(H,29,30);1-2H2,(H,5,6)(H,7,8). The van der Waals surface area contributed by atoms with Gasteiger partial charge in [-0.25, -0.2) is 4.39 Å². The van der Waals surface area contributed by atoms with Crippen molar-refractivity contribution in [2.24, 2.45) is 0 Å². The lowest BCUT2D eigenvalue weighted by atomic mass is 10.0. The fourth-order valence-electron chi connectivity index (χ4n) is 3.87. The molecular formula is C29H30ClFN2O4S2. The molecule has 0 aromatic heterocycles. The molecule has 0 bridgehead atoms. The zero-order valence-electron chi connectivity index (χ0n) is 21.2. The molecule has 0 aliphatic carbocycles. The second-order valence-corrected chi connectivity index (χ2v) is 10.6. The van der Waals surface area contributed by atoms with E-state index in [1.165, 1.54) is 33.7 Å². The number of fused-ring (bicyclic) bond motifs is 1. The highest BCUT2D eigenvalue weighted by molar-refractivity contribution is 7.98. The Labute approximate surface area is 242 Å². The van der Waals surface area contributed by atoms with Crippen molar-refractivity contribution in [1.29, 1.82) is 0 Å². The van der Waals surface area contributed by atoms with Gasteiger partial charge in [0.2, 0.25) is 0 Å². The molecule has 10 heteroatoms. The first kappa shape index (κ1) is 30.6. The molecular weight excluding hydrogens is 559 g/mol. The summed E-state index contributed by atoms with van der Waals surface area (Å²) in [5.41, 5.74) is 6.00. The minimum absolute atomic E-state index is 0.232. The maximum absolute atomic E-state index is 13.0. The number of thiocarbonyl (C=S) groups is 1. The second-order valence-electron chi connectivity index (χ2n) is 8.85. The Balaban J connectivity index is 0.000000459. The number of hydrogen-bond donors (Lipinski definition) is 4. The van der Waals surface area contributed by atoms with Gasteiger partial charge in [0.1, 0.15) is 10.8 Å². The summed E-state index contributed by atoms with van der Waals surface area (Å²) in [6.07, 6.45) is 1.48. The van der Waals surface area contributed by atoms with Gasteiger partial charge in [0.05, 0.1) is 17.9 Å². The van der Waals surface area contributed by atoms with E-state index in [4.69, 9.17) is 34.0 Å². The quantitative estimate of drug-likeness (QED) is 0.182. The van der Waals surface area contributed by atoms with Crippen molar-refractivity contribution in [3.05, 3.63) is 99.3 Å². The molecule has 0 fully saturated rings. The number of rotatable bonds is 9. The topological polar surface area (TPSA) is 98.7 Å². The third kappa shape index (κ3) is 10.3. The molecule has 4 N–H and O–H groups in total. The fraction of sp³-hybridized carbons (Fsp3) is 0.276. The van der Waals surface area contributed by atoms with Gasteiger partial charge >= 0.3 is 11.9 Å². The molecule has 39 heavy (non-hydrogen) atoms. The SMILES string of the molecule is Fc1ccc(CNC(=S)c2ccc(CSc3c(Cl)ccc4c3CCNCC4)cc2)cc1.O=C(O)CCC(=O)O. The molecule has 1 heterocycles. The summed E-state index contributed by atoms with van der Waals surface area (Å²) in [5.74, 6) is -1.52. The van der Waals surface area contributed by atoms with Crippen molar-refractivity contribution >= 4 is 52.5 Å². The average molecular weight is 589 g/mol. The maximum atomic E-state index is 13.0. The maximum Gasteiger partial charge on any atom is 0.303 e. The third-order valence-electron chi connectivity index (χ3n) is 5.95. The smallest absolute Gasteiger partial charge is 0.303 e. The van der Waals surface area contributed by atoms with E-state index in [0.717, 1.165) is 47.8 Å². The number of thioether (sulfide) groups is 1. The first-order chi connectivity index (χ1) is 18.7. The summed E-state index contributed by atoms with van der Waals surface area (Å²) in [7, 11) is 0. The first-order valence-electron chi connectivity index (χ1n) is 12.4. The third-order valence-corrected chi connectivity index (χ3v) is 7.99. The van der Waals surface area contributed by atoms with E-state index >= 15 is 0 Å². The number of nitrogens with one attached hydrogen (secondary N) is 2. The van der Waals surface area contributed by atoms with Crippen LogP contribution in [-0.4, -0.2) is 40.2 Å². The number of carboxylic acid groups (broad SMARTS) is 2. The zero-order chi connectivity index (χ0) is 28.2. The largest absolute Gasteiger partial charge is 0.481 e. The van der Waals surface area contributed by atoms with Gasteiger partial charge in [-0.1, -0.05) is 66.3 Å². The number of carbonyl (C=O) groups is 2. The van der Waals surface area contributed by atoms with Gasteiger partial charge in [0.25, 0.3) is 0 Å². The molecule has 0 radical (unpaired) electrons. The van der Waals surface area contributed by atoms with Crippen LogP contribution < -0.4 is 10.6 Å². The minimum Gasteiger partial charge on any atom is -0.481 e. The van der Waals surface area contributed by atoms with E-state index in [1.807, 2.05) is 30.0 Å². The van der Waals surface area contributed by atoms with Gasteiger partial charge in [-0.05, 0) is 66.4 Å². The van der Waals surface area contributed by atoms with Crippen LogP contribution in [-0.2, 0) is 34.7 Å².